The number of benzene rings is 2. The number of aryl methyl sites for hydroxylation is 1. The minimum atomic E-state index is -1.31. The fourth-order valence-corrected chi connectivity index (χ4v) is 15.6. The number of carboxylic acids is 1. The lowest BCUT2D eigenvalue weighted by molar-refractivity contribution is -0.137. The molecular weight excluding hydrogens is 1250 g/mol. The third-order valence-electron chi connectivity index (χ3n) is 14.8. The van der Waals surface area contributed by atoms with Gasteiger partial charge in [0.2, 0.25) is 11.8 Å². The number of nitrogens with one attached hydrogen (secondary N) is 3. The fraction of sp³-hybridized carbons (Fsp3) is 0.288. The predicted molar refractivity (Wildman–Crippen MR) is 331 cm³/mol. The fourth-order valence-electron chi connectivity index (χ4n) is 10.3. The second-order valence-electron chi connectivity index (χ2n) is 21.0. The number of aliphatic hydroxyl groups excluding tert-OH is 2. The number of pyridine rings is 1. The Morgan fingerprint density at radius 1 is 0.716 bits per heavy atom. The van der Waals surface area contributed by atoms with Crippen LogP contribution in [0.5, 0.6) is 5.75 Å². The standard InChI is InChI=1S/C59H54N12O11S6/c1-27-43(74)21-71-48(27)58-69-41(26-87-58)56-65-37(22-85-56)47-32(15-16-34(62-47)55-68-38(23-86-55)50(79)61-17-7-6-10-45(76)77)53-66-39(24-83-53)51(80)63-35(20-44(60)75)57-70-46(28(2)88-57)42(73)19-33(49(78)30-8-4-3-5-9-30)54-67-40(25-84-54)52(81)64-36(59(71)82)18-29-11-13-31(72)14-12-29/h3-5,8-9,11-16,22-27,33,35-36,43,48-49,72,74,78H,6-7,10,17-21H2,1-2H3,(H2,60,75)(H,61,79)(H,63,80)(H,64,81)(H,76,77)/t27-,33-,35-,36-,43-,48-,49+/m0/s1. The maximum absolute atomic E-state index is 15.2. The molecule has 29 heteroatoms. The summed E-state index contributed by atoms with van der Waals surface area (Å²) in [5.41, 5.74) is 8.91. The molecule has 0 radical (unpaired) electrons. The van der Waals surface area contributed by atoms with Gasteiger partial charge in [0.25, 0.3) is 17.7 Å². The number of rotatable bonds is 13. The molecule has 2 aliphatic heterocycles. The minimum Gasteiger partial charge on any atom is -0.508 e. The van der Waals surface area contributed by atoms with E-state index >= 15 is 4.79 Å². The summed E-state index contributed by atoms with van der Waals surface area (Å²) >= 11 is 6.98. The quantitative estimate of drug-likeness (QED) is 0.0504. The highest BCUT2D eigenvalue weighted by molar-refractivity contribution is 7.15. The molecule has 0 unspecified atom stereocenters. The van der Waals surface area contributed by atoms with Gasteiger partial charge in [0.1, 0.15) is 76.7 Å². The van der Waals surface area contributed by atoms with Crippen molar-refractivity contribution in [2.45, 2.75) is 88.6 Å². The summed E-state index contributed by atoms with van der Waals surface area (Å²) in [7, 11) is 0. The number of nitrogens with two attached hydrogens (primary N) is 1. The third kappa shape index (κ3) is 13.5. The van der Waals surface area contributed by atoms with Crippen LogP contribution in [-0.2, 0) is 20.8 Å². The first-order chi connectivity index (χ1) is 42.3. The number of nitrogens with zero attached hydrogens (tertiary/aromatic N) is 8. The number of aliphatic carboxylic acids is 1. The molecule has 0 spiro atoms. The van der Waals surface area contributed by atoms with Crippen LogP contribution in [0.4, 0.5) is 0 Å². The van der Waals surface area contributed by atoms with Gasteiger partial charge < -0.3 is 47.0 Å². The maximum Gasteiger partial charge on any atom is 0.303 e. The van der Waals surface area contributed by atoms with Gasteiger partial charge in [-0.1, -0.05) is 49.4 Å². The molecule has 9 aromatic rings. The van der Waals surface area contributed by atoms with Gasteiger partial charge in [0.05, 0.1) is 41.4 Å². The van der Waals surface area contributed by atoms with Crippen molar-refractivity contribution in [3.05, 3.63) is 147 Å². The molecule has 11 rings (SSSR count). The Morgan fingerprint density at radius 2 is 1.38 bits per heavy atom. The number of hydrogen-bond acceptors (Lipinski definition) is 23. The van der Waals surface area contributed by atoms with Crippen molar-refractivity contribution in [3.8, 4) is 49.1 Å². The molecular formula is C59H54N12O11S6. The largest absolute Gasteiger partial charge is 0.508 e. The SMILES string of the molecule is Cc1sc2nc1C(=O)C[C@@H]([C@H](O)c1ccccc1)c1nc(cs1)C(=O)N[C@@H](Cc1ccc(O)cc1)C(=O)N1C[C@H](O)[C@H](C)[C@H]1c1nc(cs1)-c1nc(cs1)-c1nc(-c3nc(C(=O)NCCCCC(=O)O)cs3)ccc1-c1nc(cs1)C(=O)N[C@H]2CC(N)=O. The summed E-state index contributed by atoms with van der Waals surface area (Å²) in [6.07, 6.45) is -2.21. The van der Waals surface area contributed by atoms with Gasteiger partial charge in [-0.25, -0.2) is 34.9 Å². The Kier molecular flexibility index (Phi) is 18.4. The molecule has 2 aliphatic rings. The van der Waals surface area contributed by atoms with E-state index in [1.807, 2.05) is 6.92 Å². The number of carbonyl (C=O) groups excluding carboxylic acids is 6. The van der Waals surface area contributed by atoms with E-state index in [9.17, 15) is 44.1 Å². The zero-order chi connectivity index (χ0) is 61.9. The molecule has 9 heterocycles. The number of unbranched alkanes of at least 4 members (excludes halogenated alkanes) is 1. The molecule has 7 atom stereocenters. The van der Waals surface area contributed by atoms with Crippen molar-refractivity contribution < 1.29 is 54.0 Å². The van der Waals surface area contributed by atoms with Gasteiger partial charge in [0.15, 0.2) is 5.78 Å². The van der Waals surface area contributed by atoms with Crippen molar-refractivity contribution in [1.82, 2.24) is 55.7 Å². The van der Waals surface area contributed by atoms with Crippen molar-refractivity contribution in [3.63, 3.8) is 0 Å². The number of aromatic hydroxyl groups is 1. The minimum absolute atomic E-state index is 0.00317. The summed E-state index contributed by atoms with van der Waals surface area (Å²) in [5, 5.41) is 61.6. The van der Waals surface area contributed by atoms with Crippen molar-refractivity contribution in [2.75, 3.05) is 13.1 Å². The predicted octanol–water partition coefficient (Wildman–Crippen LogP) is 8.16. The maximum atomic E-state index is 15.2. The van der Waals surface area contributed by atoms with Crippen LogP contribution >= 0.6 is 68.0 Å². The Labute approximate surface area is 525 Å². The number of hydrogen-bond donors (Lipinski definition) is 8. The molecule has 0 aliphatic carbocycles. The molecule has 1 saturated heterocycles. The lowest BCUT2D eigenvalue weighted by Gasteiger charge is -2.29. The normalized spacial score (nSPS) is 19.3. The van der Waals surface area contributed by atoms with E-state index in [2.05, 4.69) is 25.9 Å². The number of Topliss-reactive ketones (excluding diaryl/α,β-unsaturated/α-hetero) is 1. The van der Waals surface area contributed by atoms with Crippen LogP contribution in [0.25, 0.3) is 43.4 Å². The van der Waals surface area contributed by atoms with E-state index in [0.717, 1.165) is 34.0 Å². The van der Waals surface area contributed by atoms with Gasteiger partial charge in [-0.05, 0) is 55.2 Å². The number of amides is 5. The number of phenols is 1. The molecule has 452 valence electrons. The van der Waals surface area contributed by atoms with E-state index in [1.54, 1.807) is 77.7 Å². The molecule has 23 nitrogen and oxygen atoms in total. The monoisotopic (exact) mass is 1300 g/mol. The van der Waals surface area contributed by atoms with Crippen molar-refractivity contribution in [1.29, 1.82) is 0 Å². The van der Waals surface area contributed by atoms with Gasteiger partial charge in [0, 0.05) is 81.5 Å². The highest BCUT2D eigenvalue weighted by Crippen LogP contribution is 2.43. The highest BCUT2D eigenvalue weighted by Gasteiger charge is 2.45. The first-order valence-electron chi connectivity index (χ1n) is 27.6. The molecule has 9 N–H and O–H groups in total. The van der Waals surface area contributed by atoms with E-state index in [4.69, 9.17) is 35.8 Å². The molecule has 88 heavy (non-hydrogen) atoms. The van der Waals surface area contributed by atoms with Crippen molar-refractivity contribution >= 4 is 109 Å². The summed E-state index contributed by atoms with van der Waals surface area (Å²) in [5.74, 6) is -6.11. The second-order valence-corrected chi connectivity index (χ2v) is 26.5. The Morgan fingerprint density at radius 3 is 2.14 bits per heavy atom. The van der Waals surface area contributed by atoms with Crippen LogP contribution in [-0.4, -0.2) is 127 Å². The second kappa shape index (κ2) is 26.5. The Hall–Kier alpha value is -8.42. The van der Waals surface area contributed by atoms with Crippen LogP contribution in [0.2, 0.25) is 0 Å². The smallest absolute Gasteiger partial charge is 0.303 e. The van der Waals surface area contributed by atoms with Crippen molar-refractivity contribution in [2.24, 2.45) is 11.7 Å². The Bertz CT molecular complexity index is 4100. The van der Waals surface area contributed by atoms with Crippen LogP contribution in [0.15, 0.2) is 93.6 Å². The number of carbonyl (C=O) groups is 7. The molecule has 2 aromatic carbocycles. The van der Waals surface area contributed by atoms with E-state index in [-0.39, 0.29) is 70.9 Å². The summed E-state index contributed by atoms with van der Waals surface area (Å²) in [6.45, 7) is 3.65. The topological polar surface area (TPSA) is 356 Å². The number of fused-ring (bicyclic) bond motifs is 16. The van der Waals surface area contributed by atoms with Gasteiger partial charge in [-0.3, -0.25) is 33.6 Å². The first kappa shape index (κ1) is 61.2. The molecule has 10 bridgehead atoms. The van der Waals surface area contributed by atoms with Gasteiger partial charge >= 0.3 is 5.97 Å². The lowest BCUT2D eigenvalue weighted by Crippen LogP contribution is -2.50. The summed E-state index contributed by atoms with van der Waals surface area (Å²) in [6, 6.07) is 15.2. The number of thiazole rings is 6. The van der Waals surface area contributed by atoms with Gasteiger partial charge in [-0.15, -0.1) is 68.0 Å². The average molecular weight is 1300 g/mol. The Balaban J connectivity index is 0.991. The molecule has 7 aromatic heterocycles. The first-order valence-corrected chi connectivity index (χ1v) is 32.8. The number of carboxylic acid groups (broad SMARTS) is 1. The number of aliphatic hydroxyl groups is 2. The number of primary amides is 1. The zero-order valence-corrected chi connectivity index (χ0v) is 51.6. The zero-order valence-electron chi connectivity index (χ0n) is 46.7. The van der Waals surface area contributed by atoms with Crippen LogP contribution in [0, 0.1) is 12.8 Å². The van der Waals surface area contributed by atoms with Crippen LogP contribution < -0.4 is 21.7 Å². The number of ketones is 1. The summed E-state index contributed by atoms with van der Waals surface area (Å²) < 4.78 is 0. The number of aromatic nitrogens is 7. The van der Waals surface area contributed by atoms with Crippen LogP contribution in [0.1, 0.15) is 136 Å². The third-order valence-corrected chi connectivity index (χ3v) is 20.4. The molecule has 0 saturated carbocycles. The molecule has 5 amide bonds. The summed E-state index contributed by atoms with van der Waals surface area (Å²) in [4.78, 5) is 131. The van der Waals surface area contributed by atoms with Crippen LogP contribution in [0.3, 0.4) is 0 Å². The lowest BCUT2D eigenvalue weighted by atomic mass is 9.90. The van der Waals surface area contributed by atoms with E-state index in [0.29, 0.717) is 77.2 Å². The average Bonchev–Trinajstić information content (AvgIpc) is 2.98. The van der Waals surface area contributed by atoms with E-state index < -0.39 is 89.9 Å². The van der Waals surface area contributed by atoms with Gasteiger partial charge in [-0.2, -0.15) is 0 Å². The number of phenolic OH excluding ortho intramolecular Hbond substituents is 1. The molecule has 1 fully saturated rings. The highest BCUT2D eigenvalue weighted by atomic mass is 32.1. The van der Waals surface area contributed by atoms with E-state index in [1.165, 1.54) is 61.8 Å².